The van der Waals surface area contributed by atoms with Crippen LogP contribution in [0.5, 0.6) is 11.5 Å². The van der Waals surface area contributed by atoms with E-state index < -0.39 is 0 Å². The molecule has 3 rings (SSSR count). The summed E-state index contributed by atoms with van der Waals surface area (Å²) in [6.45, 7) is 5.98. The first-order valence-corrected chi connectivity index (χ1v) is 10.1. The maximum atomic E-state index is 12.3. The minimum atomic E-state index is -0.375. The van der Waals surface area contributed by atoms with Gasteiger partial charge in [0.1, 0.15) is 0 Å². The Hall–Kier alpha value is -3.75. The Kier molecular flexibility index (Phi) is 7.31. The highest BCUT2D eigenvalue weighted by Crippen LogP contribution is 2.34. The summed E-state index contributed by atoms with van der Waals surface area (Å²) in [4.78, 5) is 23.6. The average Bonchev–Trinajstić information content (AvgIpc) is 2.81. The van der Waals surface area contributed by atoms with Gasteiger partial charge in [0.05, 0.1) is 19.7 Å². The molecule has 0 saturated heterocycles. The second-order valence-corrected chi connectivity index (χ2v) is 6.69. The minimum absolute atomic E-state index is 0.375. The van der Waals surface area contributed by atoms with Gasteiger partial charge in [0.15, 0.2) is 17.3 Å². The molecule has 0 spiro atoms. The quantitative estimate of drug-likeness (QED) is 0.453. The molecule has 0 unspecified atom stereocenters. The summed E-state index contributed by atoms with van der Waals surface area (Å²) in [7, 11) is 3.14. The highest BCUT2D eigenvalue weighted by atomic mass is 16.5. The van der Waals surface area contributed by atoms with Crippen molar-refractivity contribution in [3.8, 4) is 11.5 Å². The van der Waals surface area contributed by atoms with Gasteiger partial charge in [0.25, 0.3) is 0 Å². The maximum absolute atomic E-state index is 12.3. The van der Waals surface area contributed by atoms with Crippen molar-refractivity contribution in [2.45, 2.75) is 20.4 Å². The molecule has 0 radical (unpaired) electrons. The molecule has 2 amide bonds. The molecule has 31 heavy (non-hydrogen) atoms. The SMILES string of the molecule is CCN(CC)c1nc(NNC(=O)NCc2ccccc2)c2cc(OC)c(OC)cc2n1. The fourth-order valence-electron chi connectivity index (χ4n) is 3.12. The van der Waals surface area contributed by atoms with Crippen LogP contribution in [0.3, 0.4) is 0 Å². The number of carbonyl (C=O) groups is 1. The highest BCUT2D eigenvalue weighted by Gasteiger charge is 2.16. The van der Waals surface area contributed by atoms with Crippen LogP contribution in [-0.4, -0.2) is 43.3 Å². The van der Waals surface area contributed by atoms with Crippen molar-refractivity contribution in [2.24, 2.45) is 0 Å². The molecule has 3 N–H and O–H groups in total. The van der Waals surface area contributed by atoms with Crippen molar-refractivity contribution in [1.82, 2.24) is 20.7 Å². The molecule has 0 saturated carbocycles. The van der Waals surface area contributed by atoms with Gasteiger partial charge in [-0.15, -0.1) is 0 Å². The third kappa shape index (κ3) is 5.25. The number of hydrazine groups is 1. The summed E-state index contributed by atoms with van der Waals surface area (Å²) < 4.78 is 10.8. The van der Waals surface area contributed by atoms with E-state index in [1.807, 2.05) is 49.1 Å². The molecule has 1 heterocycles. The molecule has 0 bridgehead atoms. The predicted molar refractivity (Wildman–Crippen MR) is 122 cm³/mol. The Morgan fingerprint density at radius 3 is 2.32 bits per heavy atom. The van der Waals surface area contributed by atoms with Crippen molar-refractivity contribution in [2.75, 3.05) is 37.6 Å². The lowest BCUT2D eigenvalue weighted by molar-refractivity contribution is 0.242. The number of hydrogen-bond donors (Lipinski definition) is 3. The number of rotatable bonds is 9. The van der Waals surface area contributed by atoms with E-state index in [2.05, 4.69) is 26.1 Å². The smallest absolute Gasteiger partial charge is 0.333 e. The molecule has 1 aromatic heterocycles. The van der Waals surface area contributed by atoms with Gasteiger partial charge >= 0.3 is 6.03 Å². The Morgan fingerprint density at radius 1 is 1.00 bits per heavy atom. The summed E-state index contributed by atoms with van der Waals surface area (Å²) in [5.74, 6) is 2.13. The van der Waals surface area contributed by atoms with Gasteiger partial charge in [-0.25, -0.2) is 9.78 Å². The van der Waals surface area contributed by atoms with Crippen LogP contribution in [0.4, 0.5) is 16.6 Å². The molecule has 0 atom stereocenters. The Morgan fingerprint density at radius 2 is 1.68 bits per heavy atom. The number of ether oxygens (including phenoxy) is 2. The molecule has 9 heteroatoms. The van der Waals surface area contributed by atoms with Crippen LogP contribution in [-0.2, 0) is 6.54 Å². The lowest BCUT2D eigenvalue weighted by Crippen LogP contribution is -2.39. The van der Waals surface area contributed by atoms with Crippen LogP contribution in [0.15, 0.2) is 42.5 Å². The van der Waals surface area contributed by atoms with Crippen molar-refractivity contribution in [3.05, 3.63) is 48.0 Å². The van der Waals surface area contributed by atoms with Crippen LogP contribution in [0.25, 0.3) is 10.9 Å². The highest BCUT2D eigenvalue weighted by molar-refractivity contribution is 5.93. The maximum Gasteiger partial charge on any atom is 0.333 e. The van der Waals surface area contributed by atoms with E-state index in [0.717, 1.165) is 18.7 Å². The van der Waals surface area contributed by atoms with Gasteiger partial charge in [-0.05, 0) is 25.5 Å². The van der Waals surface area contributed by atoms with Crippen LogP contribution in [0.1, 0.15) is 19.4 Å². The number of methoxy groups -OCH3 is 2. The molecular weight excluding hydrogens is 396 g/mol. The first kappa shape index (κ1) is 21.9. The average molecular weight is 425 g/mol. The van der Waals surface area contributed by atoms with Crippen molar-refractivity contribution in [1.29, 1.82) is 0 Å². The molecule has 0 aliphatic rings. The molecule has 9 nitrogen and oxygen atoms in total. The molecular formula is C22H28N6O3. The van der Waals surface area contributed by atoms with Gasteiger partial charge in [-0.3, -0.25) is 10.9 Å². The summed E-state index contributed by atoms with van der Waals surface area (Å²) in [5.41, 5.74) is 7.24. The third-order valence-electron chi connectivity index (χ3n) is 4.83. The fraction of sp³-hybridized carbons (Fsp3) is 0.318. The topological polar surface area (TPSA) is 101 Å². The van der Waals surface area contributed by atoms with Crippen molar-refractivity contribution < 1.29 is 14.3 Å². The second-order valence-electron chi connectivity index (χ2n) is 6.69. The molecule has 2 aromatic carbocycles. The summed E-state index contributed by atoms with van der Waals surface area (Å²) >= 11 is 0. The van der Waals surface area contributed by atoms with Crippen LogP contribution in [0, 0.1) is 0 Å². The lowest BCUT2D eigenvalue weighted by Gasteiger charge is -2.21. The molecule has 164 valence electrons. The van der Waals surface area contributed by atoms with E-state index in [-0.39, 0.29) is 6.03 Å². The van der Waals surface area contributed by atoms with Crippen LogP contribution in [0.2, 0.25) is 0 Å². The van der Waals surface area contributed by atoms with E-state index in [9.17, 15) is 4.79 Å². The molecule has 0 aliphatic heterocycles. The summed E-state index contributed by atoms with van der Waals surface area (Å²) in [6, 6.07) is 12.9. The normalized spacial score (nSPS) is 10.5. The third-order valence-corrected chi connectivity index (χ3v) is 4.83. The minimum Gasteiger partial charge on any atom is -0.493 e. The zero-order valence-corrected chi connectivity index (χ0v) is 18.2. The van der Waals surface area contributed by atoms with E-state index in [1.165, 1.54) is 0 Å². The lowest BCUT2D eigenvalue weighted by atomic mass is 10.2. The van der Waals surface area contributed by atoms with E-state index in [4.69, 9.17) is 9.47 Å². The number of nitrogens with one attached hydrogen (secondary N) is 3. The Labute approximate surface area is 181 Å². The Balaban J connectivity index is 1.86. The number of anilines is 2. The van der Waals surface area contributed by atoms with Crippen LogP contribution >= 0.6 is 0 Å². The van der Waals surface area contributed by atoms with Gasteiger partial charge < -0.3 is 19.7 Å². The number of benzene rings is 2. The standard InChI is InChI=1S/C22H28N6O3/c1-5-28(6-2)21-24-17-13-19(31-4)18(30-3)12-16(17)20(25-21)26-27-22(29)23-14-15-10-8-7-9-11-15/h7-13H,5-6,14H2,1-4H3,(H2,23,27,29)(H,24,25,26). The molecule has 0 fully saturated rings. The van der Waals surface area contributed by atoms with E-state index in [1.54, 1.807) is 26.4 Å². The first-order valence-electron chi connectivity index (χ1n) is 10.1. The largest absolute Gasteiger partial charge is 0.493 e. The van der Waals surface area contributed by atoms with Gasteiger partial charge in [-0.2, -0.15) is 4.98 Å². The Bertz CT molecular complexity index is 1020. The first-order chi connectivity index (χ1) is 15.1. The van der Waals surface area contributed by atoms with E-state index >= 15 is 0 Å². The zero-order chi connectivity index (χ0) is 22.2. The number of fused-ring (bicyclic) bond motifs is 1. The number of urea groups is 1. The monoisotopic (exact) mass is 424 g/mol. The number of hydrogen-bond acceptors (Lipinski definition) is 7. The fourth-order valence-corrected chi connectivity index (χ4v) is 3.12. The van der Waals surface area contributed by atoms with Crippen LogP contribution < -0.4 is 30.5 Å². The van der Waals surface area contributed by atoms with Crippen molar-refractivity contribution in [3.63, 3.8) is 0 Å². The van der Waals surface area contributed by atoms with Gasteiger partial charge in [0, 0.05) is 31.1 Å². The summed E-state index contributed by atoms with van der Waals surface area (Å²) in [5, 5.41) is 3.50. The number of nitrogens with zero attached hydrogens (tertiary/aromatic N) is 3. The van der Waals surface area contributed by atoms with Gasteiger partial charge in [-0.1, -0.05) is 30.3 Å². The molecule has 0 aliphatic carbocycles. The zero-order valence-electron chi connectivity index (χ0n) is 18.2. The molecule has 3 aromatic rings. The van der Waals surface area contributed by atoms with Gasteiger partial charge in [0.2, 0.25) is 5.95 Å². The van der Waals surface area contributed by atoms with Crippen molar-refractivity contribution >= 4 is 28.7 Å². The summed E-state index contributed by atoms with van der Waals surface area (Å²) in [6.07, 6.45) is 0. The number of amides is 2. The second kappa shape index (κ2) is 10.3. The predicted octanol–water partition coefficient (Wildman–Crippen LogP) is 3.32. The number of aromatic nitrogens is 2. The number of carbonyl (C=O) groups excluding carboxylic acids is 1. The van der Waals surface area contributed by atoms with E-state index in [0.29, 0.717) is 40.7 Å².